The van der Waals surface area contributed by atoms with Gasteiger partial charge in [0.15, 0.2) is 0 Å². The molecule has 0 saturated carbocycles. The van der Waals surface area contributed by atoms with Gasteiger partial charge >= 0.3 is 0 Å². The van der Waals surface area contributed by atoms with E-state index in [2.05, 4.69) is 76.2 Å². The van der Waals surface area contributed by atoms with Crippen molar-refractivity contribution in [1.29, 1.82) is 0 Å². The van der Waals surface area contributed by atoms with Crippen LogP contribution in [0.5, 0.6) is 0 Å². The quantitative estimate of drug-likeness (QED) is 0.699. The normalized spacial score (nSPS) is 30.5. The van der Waals surface area contributed by atoms with Crippen molar-refractivity contribution in [3.8, 4) is 0 Å². The highest BCUT2D eigenvalue weighted by Gasteiger charge is 2.57. The van der Waals surface area contributed by atoms with E-state index >= 15 is 0 Å². The van der Waals surface area contributed by atoms with Crippen molar-refractivity contribution in [3.05, 3.63) is 65.7 Å². The van der Waals surface area contributed by atoms with Crippen molar-refractivity contribution in [1.82, 2.24) is 9.80 Å². The van der Waals surface area contributed by atoms with Crippen LogP contribution < -0.4 is 4.90 Å². The maximum atomic E-state index is 2.85. The lowest BCUT2D eigenvalue weighted by molar-refractivity contribution is 0.0851. The van der Waals surface area contributed by atoms with Gasteiger partial charge in [0.1, 0.15) is 0 Å². The second-order valence-corrected chi connectivity index (χ2v) is 10.4. The molecule has 0 radical (unpaired) electrons. The monoisotopic (exact) mass is 415 g/mol. The van der Waals surface area contributed by atoms with Crippen molar-refractivity contribution < 1.29 is 0 Å². The summed E-state index contributed by atoms with van der Waals surface area (Å²) in [5, 5.41) is 0. The second kappa shape index (κ2) is 7.94. The fraction of sp³-hybridized carbons (Fsp3) is 0.571. The average Bonchev–Trinajstić information content (AvgIpc) is 3.38. The Kier molecular flexibility index (Phi) is 5.07. The topological polar surface area (TPSA) is 9.72 Å². The number of anilines is 1. The average molecular weight is 416 g/mol. The molecule has 31 heavy (non-hydrogen) atoms. The summed E-state index contributed by atoms with van der Waals surface area (Å²) >= 11 is 0. The summed E-state index contributed by atoms with van der Waals surface area (Å²) in [4.78, 5) is 8.40. The molecular formula is C28H37N3. The number of likely N-dealkylation sites (tertiary alicyclic amines) is 2. The van der Waals surface area contributed by atoms with Crippen LogP contribution in [0.3, 0.4) is 0 Å². The Labute approximate surface area is 188 Å². The highest BCUT2D eigenvalue weighted by atomic mass is 15.3. The van der Waals surface area contributed by atoms with Crippen molar-refractivity contribution >= 4 is 5.69 Å². The van der Waals surface area contributed by atoms with E-state index in [4.69, 9.17) is 0 Å². The SMILES string of the molecule is CCN1C[C@H]2CN(c3ccccc3)C3(CCN([C@@H]4CCCc5ccccc54)CC3)[C@H]2C1. The maximum absolute atomic E-state index is 2.85. The number of hydrogen-bond donors (Lipinski definition) is 0. The summed E-state index contributed by atoms with van der Waals surface area (Å²) in [6.45, 7) is 9.89. The summed E-state index contributed by atoms with van der Waals surface area (Å²) in [6.07, 6.45) is 6.58. The lowest BCUT2D eigenvalue weighted by Gasteiger charge is -2.51. The molecular weight excluding hydrogens is 378 g/mol. The van der Waals surface area contributed by atoms with Crippen LogP contribution in [0.15, 0.2) is 54.6 Å². The summed E-state index contributed by atoms with van der Waals surface area (Å²) in [6, 6.07) is 21.2. The molecule has 3 fully saturated rings. The van der Waals surface area contributed by atoms with Gasteiger partial charge in [0.05, 0.1) is 0 Å². The Balaban J connectivity index is 1.27. The number of para-hydroxylation sites is 1. The number of piperidine rings is 1. The zero-order chi connectivity index (χ0) is 20.8. The molecule has 3 atom stereocenters. The van der Waals surface area contributed by atoms with Crippen LogP contribution in [0, 0.1) is 11.8 Å². The first-order chi connectivity index (χ1) is 15.3. The molecule has 0 bridgehead atoms. The number of rotatable bonds is 3. The van der Waals surface area contributed by atoms with E-state index in [0.717, 1.165) is 11.8 Å². The van der Waals surface area contributed by atoms with Gasteiger partial charge in [-0.25, -0.2) is 0 Å². The fourth-order valence-electron chi connectivity index (χ4n) is 7.57. The second-order valence-electron chi connectivity index (χ2n) is 10.4. The van der Waals surface area contributed by atoms with Crippen LogP contribution in [0.25, 0.3) is 0 Å². The molecule has 3 saturated heterocycles. The number of nitrogens with zero attached hydrogens (tertiary/aromatic N) is 3. The highest BCUT2D eigenvalue weighted by Crippen LogP contribution is 2.51. The molecule has 4 aliphatic rings. The molecule has 0 N–H and O–H groups in total. The largest absolute Gasteiger partial charge is 0.365 e. The molecule has 1 aliphatic carbocycles. The van der Waals surface area contributed by atoms with Crippen molar-refractivity contribution in [2.24, 2.45) is 11.8 Å². The minimum Gasteiger partial charge on any atom is -0.365 e. The smallest absolute Gasteiger partial charge is 0.0470 e. The molecule has 3 aliphatic heterocycles. The van der Waals surface area contributed by atoms with E-state index < -0.39 is 0 Å². The first-order valence-corrected chi connectivity index (χ1v) is 12.7. The zero-order valence-electron chi connectivity index (χ0n) is 19.0. The van der Waals surface area contributed by atoms with E-state index in [9.17, 15) is 0 Å². The van der Waals surface area contributed by atoms with E-state index in [0.29, 0.717) is 11.6 Å². The molecule has 3 nitrogen and oxygen atoms in total. The predicted octanol–water partition coefficient (Wildman–Crippen LogP) is 4.99. The van der Waals surface area contributed by atoms with E-state index in [1.807, 2.05) is 0 Å². The molecule has 164 valence electrons. The van der Waals surface area contributed by atoms with Gasteiger partial charge in [-0.15, -0.1) is 0 Å². The number of aryl methyl sites for hydroxylation is 1. The fourth-order valence-corrected chi connectivity index (χ4v) is 7.57. The molecule has 0 unspecified atom stereocenters. The maximum Gasteiger partial charge on any atom is 0.0470 e. The van der Waals surface area contributed by atoms with E-state index in [1.54, 1.807) is 11.1 Å². The van der Waals surface area contributed by atoms with Crippen LogP contribution in [-0.2, 0) is 6.42 Å². The van der Waals surface area contributed by atoms with Gasteiger partial charge in [0.2, 0.25) is 0 Å². The Morgan fingerprint density at radius 1 is 0.903 bits per heavy atom. The number of hydrogen-bond acceptors (Lipinski definition) is 3. The Morgan fingerprint density at radius 3 is 2.48 bits per heavy atom. The van der Waals surface area contributed by atoms with E-state index in [-0.39, 0.29) is 0 Å². The van der Waals surface area contributed by atoms with Crippen molar-refractivity contribution in [3.63, 3.8) is 0 Å². The molecule has 1 spiro atoms. The molecule has 3 heteroatoms. The highest BCUT2D eigenvalue weighted by molar-refractivity contribution is 5.52. The van der Waals surface area contributed by atoms with Crippen LogP contribution in [-0.4, -0.2) is 54.6 Å². The van der Waals surface area contributed by atoms with Gasteiger partial charge < -0.3 is 9.80 Å². The van der Waals surface area contributed by atoms with Gasteiger partial charge in [0.25, 0.3) is 0 Å². The first kappa shape index (κ1) is 19.8. The van der Waals surface area contributed by atoms with Crippen LogP contribution in [0.4, 0.5) is 5.69 Å². The Morgan fingerprint density at radius 2 is 1.68 bits per heavy atom. The number of benzene rings is 2. The third-order valence-corrected chi connectivity index (χ3v) is 9.12. The molecule has 6 rings (SSSR count). The van der Waals surface area contributed by atoms with Gasteiger partial charge in [-0.05, 0) is 67.8 Å². The Hall–Kier alpha value is -1.84. The van der Waals surface area contributed by atoms with Crippen molar-refractivity contribution in [2.45, 2.75) is 50.6 Å². The molecule has 0 aromatic heterocycles. The summed E-state index contributed by atoms with van der Waals surface area (Å²) in [7, 11) is 0. The zero-order valence-corrected chi connectivity index (χ0v) is 19.0. The standard InChI is InChI=1S/C28H37N3/c1-2-29-19-23-20-31(24-11-4-3-5-12-24)28(26(23)21-29)15-17-30(18-16-28)27-14-8-10-22-9-6-7-13-25(22)27/h3-7,9,11-13,23,26-27H,2,8,10,14-21H2,1H3/t23-,26-,27+/m0/s1. The van der Waals surface area contributed by atoms with Crippen LogP contribution >= 0.6 is 0 Å². The molecule has 3 heterocycles. The van der Waals surface area contributed by atoms with Gasteiger partial charge in [-0.2, -0.15) is 0 Å². The third-order valence-electron chi connectivity index (χ3n) is 9.12. The first-order valence-electron chi connectivity index (χ1n) is 12.7. The lowest BCUT2D eigenvalue weighted by atomic mass is 9.74. The summed E-state index contributed by atoms with van der Waals surface area (Å²) in [5.41, 5.74) is 5.02. The lowest BCUT2D eigenvalue weighted by Crippen LogP contribution is -2.57. The van der Waals surface area contributed by atoms with E-state index in [1.165, 1.54) is 77.1 Å². The predicted molar refractivity (Wildman–Crippen MR) is 129 cm³/mol. The van der Waals surface area contributed by atoms with Crippen LogP contribution in [0.1, 0.15) is 49.8 Å². The van der Waals surface area contributed by atoms with Gasteiger partial charge in [0, 0.05) is 55.9 Å². The van der Waals surface area contributed by atoms with Crippen molar-refractivity contribution in [2.75, 3.05) is 44.2 Å². The molecule has 2 aromatic carbocycles. The summed E-state index contributed by atoms with van der Waals surface area (Å²) < 4.78 is 0. The summed E-state index contributed by atoms with van der Waals surface area (Å²) in [5.74, 6) is 1.66. The number of fused-ring (bicyclic) bond motifs is 3. The Bertz CT molecular complexity index is 901. The van der Waals surface area contributed by atoms with Gasteiger partial charge in [-0.1, -0.05) is 49.4 Å². The minimum absolute atomic E-state index is 0.348. The molecule has 2 aromatic rings. The van der Waals surface area contributed by atoms with Crippen LogP contribution in [0.2, 0.25) is 0 Å². The minimum atomic E-state index is 0.348. The van der Waals surface area contributed by atoms with Gasteiger partial charge in [-0.3, -0.25) is 4.90 Å². The molecule has 0 amide bonds. The third kappa shape index (κ3) is 3.24.